The highest BCUT2D eigenvalue weighted by atomic mass is 15.3. The number of amidine groups is 2. The minimum Gasteiger partial charge on any atom is -0.333 e. The lowest BCUT2D eigenvalue weighted by molar-refractivity contribution is 0.383. The average Bonchev–Trinajstić information content (AvgIpc) is 3.79. The third kappa shape index (κ3) is 5.37. The Morgan fingerprint density at radius 2 is 1.27 bits per heavy atom. The van der Waals surface area contributed by atoms with Crippen molar-refractivity contribution >= 4 is 33.6 Å². The van der Waals surface area contributed by atoms with Crippen molar-refractivity contribution in [3.8, 4) is 22.3 Å². The van der Waals surface area contributed by atoms with E-state index >= 15 is 0 Å². The van der Waals surface area contributed by atoms with Crippen LogP contribution in [0, 0.1) is 11.8 Å². The number of hydrogen-bond donors (Lipinski definition) is 0. The molecule has 0 saturated carbocycles. The second-order valence-electron chi connectivity index (χ2n) is 17.8. The van der Waals surface area contributed by atoms with Gasteiger partial charge >= 0.3 is 0 Å². The van der Waals surface area contributed by atoms with Crippen LogP contribution in [0.5, 0.6) is 0 Å². The molecule has 62 heavy (non-hydrogen) atoms. The van der Waals surface area contributed by atoms with Crippen LogP contribution >= 0.6 is 0 Å². The van der Waals surface area contributed by atoms with E-state index in [1.165, 1.54) is 66.4 Å². The summed E-state index contributed by atoms with van der Waals surface area (Å²) < 4.78 is 0. The highest BCUT2D eigenvalue weighted by Gasteiger charge is 2.55. The molecule has 7 aromatic carbocycles. The third-order valence-electron chi connectivity index (χ3n) is 14.2. The van der Waals surface area contributed by atoms with Gasteiger partial charge in [0, 0.05) is 18.2 Å². The van der Waals surface area contributed by atoms with Crippen LogP contribution in [0.4, 0.5) is 0 Å². The summed E-state index contributed by atoms with van der Waals surface area (Å²) in [6.07, 6.45) is 11.6. The van der Waals surface area contributed by atoms with Crippen LogP contribution < -0.4 is 0 Å². The van der Waals surface area contributed by atoms with Crippen LogP contribution in [-0.2, 0) is 5.41 Å². The van der Waals surface area contributed by atoms with Crippen molar-refractivity contribution in [3.63, 3.8) is 0 Å². The molecule has 0 aromatic heterocycles. The van der Waals surface area contributed by atoms with Crippen LogP contribution in [0.1, 0.15) is 71.8 Å². The highest BCUT2D eigenvalue weighted by Crippen LogP contribution is 2.66. The molecule has 4 unspecified atom stereocenters. The topological polar surface area (TPSA) is 28.0 Å². The number of hydrogen-bond acceptors (Lipinski definition) is 3. The Hall–Kier alpha value is -7.10. The van der Waals surface area contributed by atoms with Crippen LogP contribution in [0.15, 0.2) is 209 Å². The lowest BCUT2D eigenvalue weighted by atomic mass is 9.63. The average molecular weight is 798 g/mol. The summed E-state index contributed by atoms with van der Waals surface area (Å²) in [5, 5.41) is 2.49. The minimum absolute atomic E-state index is 0.246. The molecule has 5 aliphatic rings. The molecule has 4 aliphatic carbocycles. The molecule has 3 heteroatoms. The number of nitrogens with zero attached hydrogens (tertiary/aromatic N) is 3. The van der Waals surface area contributed by atoms with E-state index in [9.17, 15) is 0 Å². The Labute approximate surface area is 364 Å². The Morgan fingerprint density at radius 3 is 2.10 bits per heavy atom. The standard InChI is InChI=1S/C59H47N3/c1-37-28-34-49-52(36-37)59(50-26-13-12-23-45(50)48-25-14-16-38(2)55(48)59)51-27-15-24-46(54(49)51)47-35-33-39-17-10-11-22-44(39)53(47)40-29-31-43(32-30-40)58-61-56(41-18-6-4-7-19-41)60-57(62(58)3)42-20-8-5-9-21-42/h4-15,17-35,37-38,58H,16,36H2,1-3H3. The number of aliphatic imine (C=N–C) groups is 2. The summed E-state index contributed by atoms with van der Waals surface area (Å²) in [6, 6.07) is 60.0. The van der Waals surface area contributed by atoms with E-state index in [0.717, 1.165) is 41.2 Å². The van der Waals surface area contributed by atoms with Gasteiger partial charge in [-0.15, -0.1) is 0 Å². The van der Waals surface area contributed by atoms with E-state index in [2.05, 4.69) is 208 Å². The largest absolute Gasteiger partial charge is 0.333 e. The normalized spacial score (nSPS) is 22.1. The van der Waals surface area contributed by atoms with E-state index in [-0.39, 0.29) is 11.6 Å². The maximum absolute atomic E-state index is 5.30. The molecule has 4 atom stereocenters. The van der Waals surface area contributed by atoms with Crippen LogP contribution in [0.2, 0.25) is 0 Å². The second kappa shape index (κ2) is 14.2. The van der Waals surface area contributed by atoms with Crippen molar-refractivity contribution in [1.29, 1.82) is 0 Å². The first-order chi connectivity index (χ1) is 30.5. The van der Waals surface area contributed by atoms with E-state index in [1.54, 1.807) is 11.1 Å². The molecular weight excluding hydrogens is 751 g/mol. The maximum atomic E-state index is 5.30. The van der Waals surface area contributed by atoms with Crippen molar-refractivity contribution in [2.75, 3.05) is 7.05 Å². The van der Waals surface area contributed by atoms with Gasteiger partial charge in [-0.2, -0.15) is 0 Å². The zero-order chi connectivity index (χ0) is 41.5. The Morgan fingerprint density at radius 1 is 0.581 bits per heavy atom. The Bertz CT molecular complexity index is 3160. The van der Waals surface area contributed by atoms with Gasteiger partial charge in [0.2, 0.25) is 0 Å². The molecule has 1 heterocycles. The van der Waals surface area contributed by atoms with E-state index in [1.807, 2.05) is 6.07 Å². The summed E-state index contributed by atoms with van der Waals surface area (Å²) in [7, 11) is 2.11. The fourth-order valence-corrected chi connectivity index (χ4v) is 11.5. The summed E-state index contributed by atoms with van der Waals surface area (Å²) in [5.74, 6) is 2.56. The lowest BCUT2D eigenvalue weighted by Crippen LogP contribution is -2.35. The van der Waals surface area contributed by atoms with Crippen LogP contribution in [0.25, 0.3) is 44.2 Å². The van der Waals surface area contributed by atoms with Gasteiger partial charge in [0.15, 0.2) is 5.84 Å². The summed E-state index contributed by atoms with van der Waals surface area (Å²) in [6.45, 7) is 4.84. The van der Waals surface area contributed by atoms with Gasteiger partial charge in [0.05, 0.1) is 5.41 Å². The highest BCUT2D eigenvalue weighted by molar-refractivity contribution is 6.13. The zero-order valence-corrected chi connectivity index (χ0v) is 35.4. The predicted molar refractivity (Wildman–Crippen MR) is 258 cm³/mol. The fraction of sp³-hybridized carbons (Fsp3) is 0.153. The molecule has 0 fully saturated rings. The molecule has 0 bridgehead atoms. The maximum Gasteiger partial charge on any atom is 0.159 e. The second-order valence-corrected chi connectivity index (χ2v) is 17.8. The third-order valence-corrected chi connectivity index (χ3v) is 14.2. The Kier molecular flexibility index (Phi) is 8.44. The summed E-state index contributed by atoms with van der Waals surface area (Å²) >= 11 is 0. The zero-order valence-electron chi connectivity index (χ0n) is 35.4. The van der Waals surface area contributed by atoms with Gasteiger partial charge in [-0.3, -0.25) is 0 Å². The number of rotatable bonds is 5. The van der Waals surface area contributed by atoms with Gasteiger partial charge < -0.3 is 4.90 Å². The molecule has 0 radical (unpaired) electrons. The quantitative estimate of drug-likeness (QED) is 0.170. The summed E-state index contributed by atoms with van der Waals surface area (Å²) in [4.78, 5) is 12.6. The molecule has 1 spiro atoms. The number of allylic oxidation sites excluding steroid dienone is 8. The van der Waals surface area contributed by atoms with Gasteiger partial charge in [-0.1, -0.05) is 202 Å². The molecular formula is C59H47N3. The number of benzene rings is 7. The molecule has 0 N–H and O–H groups in total. The first-order valence-corrected chi connectivity index (χ1v) is 22.2. The molecule has 1 aliphatic heterocycles. The van der Waals surface area contributed by atoms with Crippen molar-refractivity contribution < 1.29 is 0 Å². The smallest absolute Gasteiger partial charge is 0.159 e. The van der Waals surface area contributed by atoms with E-state index in [4.69, 9.17) is 9.98 Å². The van der Waals surface area contributed by atoms with Gasteiger partial charge in [-0.05, 0) is 108 Å². The van der Waals surface area contributed by atoms with Crippen molar-refractivity contribution in [1.82, 2.24) is 4.90 Å². The molecule has 3 nitrogen and oxygen atoms in total. The number of fused-ring (bicyclic) bond motifs is 9. The monoisotopic (exact) mass is 797 g/mol. The molecule has 12 rings (SSSR count). The summed E-state index contributed by atoms with van der Waals surface area (Å²) in [5.41, 5.74) is 19.6. The van der Waals surface area contributed by atoms with E-state index in [0.29, 0.717) is 11.8 Å². The first kappa shape index (κ1) is 36.7. The minimum atomic E-state index is -0.276. The van der Waals surface area contributed by atoms with Crippen LogP contribution in [-0.4, -0.2) is 23.6 Å². The van der Waals surface area contributed by atoms with E-state index < -0.39 is 0 Å². The van der Waals surface area contributed by atoms with Gasteiger partial charge in [-0.25, -0.2) is 9.98 Å². The fourth-order valence-electron chi connectivity index (χ4n) is 11.5. The Balaban J connectivity index is 1.04. The molecule has 7 aromatic rings. The lowest BCUT2D eigenvalue weighted by Gasteiger charge is -2.39. The first-order valence-electron chi connectivity index (χ1n) is 22.2. The van der Waals surface area contributed by atoms with Crippen LogP contribution in [0.3, 0.4) is 0 Å². The predicted octanol–water partition coefficient (Wildman–Crippen LogP) is 14.0. The SMILES string of the molecule is CC1C=CC2=C(C1)C1(C3=C(C=CCC3C)c3ccccc31)c1cccc(-c3ccc4ccccc4c3-c3ccc(C4N=C(c5ccccc5)N=C(c5ccccc5)N4C)cc3)c12. The van der Waals surface area contributed by atoms with Crippen molar-refractivity contribution in [2.45, 2.75) is 38.3 Å². The van der Waals surface area contributed by atoms with Gasteiger partial charge in [0.25, 0.3) is 0 Å². The molecule has 298 valence electrons. The molecule has 0 saturated heterocycles. The van der Waals surface area contributed by atoms with Gasteiger partial charge in [0.1, 0.15) is 12.0 Å². The van der Waals surface area contributed by atoms with Crippen molar-refractivity contribution in [2.24, 2.45) is 21.8 Å². The van der Waals surface area contributed by atoms with Crippen molar-refractivity contribution in [3.05, 3.63) is 238 Å². The molecule has 0 amide bonds.